The number of hydrogen-bond donors (Lipinski definition) is 2. The summed E-state index contributed by atoms with van der Waals surface area (Å²) in [4.78, 5) is 10.00. The van der Waals surface area contributed by atoms with Crippen LogP contribution in [-0.4, -0.2) is 74.9 Å². The second-order valence-corrected chi connectivity index (χ2v) is 6.83. The van der Waals surface area contributed by atoms with Crippen LogP contribution in [0.4, 0.5) is 0 Å². The van der Waals surface area contributed by atoms with Crippen LogP contribution < -0.4 is 0 Å². The van der Waals surface area contributed by atoms with Crippen molar-refractivity contribution in [2.75, 3.05) is 38.6 Å². The molecule has 1 saturated heterocycles. The van der Waals surface area contributed by atoms with Crippen molar-refractivity contribution in [1.29, 1.82) is 0 Å². The third kappa shape index (κ3) is 3.36. The first kappa shape index (κ1) is 15.8. The van der Waals surface area contributed by atoms with Gasteiger partial charge in [-0.05, 0) is 6.07 Å². The normalized spacial score (nSPS) is 17.5. The summed E-state index contributed by atoms with van der Waals surface area (Å²) in [7, 11) is 0. The number of benzene rings is 1. The Morgan fingerprint density at radius 1 is 1.25 bits per heavy atom. The van der Waals surface area contributed by atoms with E-state index >= 15 is 0 Å². The van der Waals surface area contributed by atoms with Crippen molar-refractivity contribution in [3.63, 3.8) is 0 Å². The first-order valence-corrected chi connectivity index (χ1v) is 9.00. The van der Waals surface area contributed by atoms with Crippen LogP contribution in [0.1, 0.15) is 0 Å². The Morgan fingerprint density at radius 3 is 2.96 bits per heavy atom. The minimum absolute atomic E-state index is 0.421. The monoisotopic (exact) mass is 345 g/mol. The Bertz CT molecular complexity index is 834. The van der Waals surface area contributed by atoms with Crippen molar-refractivity contribution < 1.29 is 9.84 Å². The van der Waals surface area contributed by atoms with Crippen LogP contribution in [-0.2, 0) is 4.74 Å². The molecule has 1 aliphatic rings. The highest BCUT2D eigenvalue weighted by atomic mass is 32.2. The van der Waals surface area contributed by atoms with Gasteiger partial charge in [-0.3, -0.25) is 4.90 Å². The zero-order valence-electron chi connectivity index (χ0n) is 13.2. The number of morpholine rings is 1. The van der Waals surface area contributed by atoms with E-state index in [1.807, 2.05) is 24.3 Å². The topological polar surface area (TPSA) is 87.2 Å². The molecule has 4 rings (SSSR count). The SMILES string of the molecule is OC(CSc1nnc2c(n1)[nH]c1ccccc12)CN1CCOCC1. The fraction of sp³-hybridized carbons (Fsp3) is 0.438. The first-order chi connectivity index (χ1) is 11.8. The molecule has 1 fully saturated rings. The van der Waals surface area contributed by atoms with E-state index in [9.17, 15) is 5.11 Å². The first-order valence-electron chi connectivity index (χ1n) is 8.02. The Kier molecular flexibility index (Phi) is 4.61. The van der Waals surface area contributed by atoms with Crippen LogP contribution in [0.2, 0.25) is 0 Å². The second-order valence-electron chi connectivity index (χ2n) is 5.84. The molecule has 24 heavy (non-hydrogen) atoms. The van der Waals surface area contributed by atoms with Gasteiger partial charge in [-0.15, -0.1) is 10.2 Å². The summed E-state index contributed by atoms with van der Waals surface area (Å²) in [6.45, 7) is 3.88. The van der Waals surface area contributed by atoms with Crippen molar-refractivity contribution in [2.24, 2.45) is 0 Å². The van der Waals surface area contributed by atoms with E-state index in [2.05, 4.69) is 25.1 Å². The number of ether oxygens (including phenoxy) is 1. The lowest BCUT2D eigenvalue weighted by Gasteiger charge is -2.28. The van der Waals surface area contributed by atoms with E-state index in [1.54, 1.807) is 0 Å². The van der Waals surface area contributed by atoms with Gasteiger partial charge >= 0.3 is 0 Å². The average molecular weight is 345 g/mol. The Labute approximate surface area is 143 Å². The molecular weight excluding hydrogens is 326 g/mol. The van der Waals surface area contributed by atoms with Crippen molar-refractivity contribution >= 4 is 33.8 Å². The molecule has 2 N–H and O–H groups in total. The van der Waals surface area contributed by atoms with Crippen LogP contribution in [0.25, 0.3) is 22.1 Å². The zero-order valence-corrected chi connectivity index (χ0v) is 14.0. The summed E-state index contributed by atoms with van der Waals surface area (Å²) >= 11 is 1.43. The molecular formula is C16H19N5O2S. The number of nitrogens with one attached hydrogen (secondary N) is 1. The molecule has 7 nitrogen and oxygen atoms in total. The van der Waals surface area contributed by atoms with Gasteiger partial charge in [0.05, 0.1) is 19.3 Å². The molecule has 0 amide bonds. The number of aromatic amines is 1. The predicted octanol–water partition coefficient (Wildman–Crippen LogP) is 1.29. The molecule has 0 bridgehead atoms. The Hall–Kier alpha value is -1.74. The molecule has 0 radical (unpaired) electrons. The number of thioether (sulfide) groups is 1. The van der Waals surface area contributed by atoms with Gasteiger partial charge in [0.2, 0.25) is 5.16 Å². The number of β-amino-alcohol motifs (C(OH)–C–C–N with tert-alkyl or cyclic N) is 1. The molecule has 1 aromatic carbocycles. The summed E-state index contributed by atoms with van der Waals surface area (Å²) in [5.74, 6) is 0.546. The maximum absolute atomic E-state index is 10.2. The summed E-state index contributed by atoms with van der Waals surface area (Å²) < 4.78 is 5.32. The highest BCUT2D eigenvalue weighted by Gasteiger charge is 2.16. The average Bonchev–Trinajstić information content (AvgIpc) is 2.98. The van der Waals surface area contributed by atoms with Crippen LogP contribution in [0.5, 0.6) is 0 Å². The van der Waals surface area contributed by atoms with Crippen molar-refractivity contribution in [1.82, 2.24) is 25.1 Å². The van der Waals surface area contributed by atoms with Crippen LogP contribution >= 0.6 is 11.8 Å². The number of H-pyrrole nitrogens is 1. The van der Waals surface area contributed by atoms with Crippen molar-refractivity contribution in [3.8, 4) is 0 Å². The molecule has 1 atom stereocenters. The van der Waals surface area contributed by atoms with E-state index in [0.717, 1.165) is 48.4 Å². The maximum atomic E-state index is 10.2. The third-order valence-corrected chi connectivity index (χ3v) is 5.06. The third-order valence-electron chi connectivity index (χ3n) is 4.08. The summed E-state index contributed by atoms with van der Waals surface area (Å²) in [6.07, 6.45) is -0.421. The van der Waals surface area contributed by atoms with Gasteiger partial charge in [-0.1, -0.05) is 30.0 Å². The number of para-hydroxylation sites is 1. The maximum Gasteiger partial charge on any atom is 0.211 e. The summed E-state index contributed by atoms with van der Waals surface area (Å²) in [6, 6.07) is 7.95. The molecule has 0 spiro atoms. The number of aliphatic hydroxyl groups is 1. The van der Waals surface area contributed by atoms with Gasteiger partial charge < -0.3 is 14.8 Å². The van der Waals surface area contributed by atoms with Gasteiger partial charge in [0.1, 0.15) is 5.52 Å². The molecule has 1 unspecified atom stereocenters. The molecule has 0 saturated carbocycles. The number of aromatic nitrogens is 4. The molecule has 3 heterocycles. The van der Waals surface area contributed by atoms with Gasteiger partial charge in [-0.2, -0.15) is 0 Å². The summed E-state index contributed by atoms with van der Waals surface area (Å²) in [5, 5.41) is 20.3. The predicted molar refractivity (Wildman–Crippen MR) is 93.2 cm³/mol. The van der Waals surface area contributed by atoms with Gasteiger partial charge in [-0.25, -0.2) is 4.98 Å². The molecule has 126 valence electrons. The molecule has 2 aromatic heterocycles. The van der Waals surface area contributed by atoms with Gasteiger partial charge in [0.25, 0.3) is 0 Å². The highest BCUT2D eigenvalue weighted by Crippen LogP contribution is 2.23. The molecule has 1 aliphatic heterocycles. The number of rotatable bonds is 5. The number of nitrogens with zero attached hydrogens (tertiary/aromatic N) is 4. The minimum atomic E-state index is -0.421. The second kappa shape index (κ2) is 7.02. The van der Waals surface area contributed by atoms with E-state index in [-0.39, 0.29) is 0 Å². The van der Waals surface area contributed by atoms with E-state index in [1.165, 1.54) is 11.8 Å². The van der Waals surface area contributed by atoms with E-state index in [4.69, 9.17) is 4.74 Å². The lowest BCUT2D eigenvalue weighted by molar-refractivity contribution is 0.0188. The zero-order chi connectivity index (χ0) is 16.4. The Balaban J connectivity index is 1.41. The largest absolute Gasteiger partial charge is 0.391 e. The standard InChI is InChI=1S/C16H19N5O2S/c22-11(9-21-5-7-23-8-6-21)10-24-16-18-15-14(19-20-16)12-3-1-2-4-13(12)17-15/h1-4,11,22H,5-10H2,(H,17,18,20). The fourth-order valence-electron chi connectivity index (χ4n) is 2.87. The van der Waals surface area contributed by atoms with Gasteiger partial charge in [0, 0.05) is 36.3 Å². The smallest absolute Gasteiger partial charge is 0.211 e. The van der Waals surface area contributed by atoms with Crippen molar-refractivity contribution in [3.05, 3.63) is 24.3 Å². The van der Waals surface area contributed by atoms with Crippen molar-refractivity contribution in [2.45, 2.75) is 11.3 Å². The van der Waals surface area contributed by atoms with Crippen LogP contribution in [0, 0.1) is 0 Å². The minimum Gasteiger partial charge on any atom is -0.391 e. The van der Waals surface area contributed by atoms with E-state index < -0.39 is 6.10 Å². The summed E-state index contributed by atoms with van der Waals surface area (Å²) in [5.41, 5.74) is 2.52. The lowest BCUT2D eigenvalue weighted by Crippen LogP contribution is -2.41. The molecule has 0 aliphatic carbocycles. The lowest BCUT2D eigenvalue weighted by atomic mass is 10.2. The number of fused-ring (bicyclic) bond motifs is 3. The fourth-order valence-corrected chi connectivity index (χ4v) is 3.57. The van der Waals surface area contributed by atoms with Gasteiger partial charge in [0.15, 0.2) is 5.65 Å². The Morgan fingerprint density at radius 2 is 2.08 bits per heavy atom. The molecule has 8 heteroatoms. The number of hydrogen-bond acceptors (Lipinski definition) is 7. The quantitative estimate of drug-likeness (QED) is 0.674. The van der Waals surface area contributed by atoms with Crippen LogP contribution in [0.15, 0.2) is 29.4 Å². The van der Waals surface area contributed by atoms with E-state index in [0.29, 0.717) is 17.5 Å². The number of aliphatic hydroxyl groups excluding tert-OH is 1. The van der Waals surface area contributed by atoms with Crippen LogP contribution in [0.3, 0.4) is 0 Å². The molecule has 3 aromatic rings. The highest BCUT2D eigenvalue weighted by molar-refractivity contribution is 7.99.